The number of halogens is 1. The number of hydrogen-bond donors (Lipinski definition) is 2. The zero-order chi connectivity index (χ0) is 22.0. The van der Waals surface area contributed by atoms with Gasteiger partial charge in [-0.15, -0.1) is 11.3 Å². The van der Waals surface area contributed by atoms with Crippen molar-refractivity contribution < 1.29 is 9.59 Å². The Kier molecular flexibility index (Phi) is 6.06. The first kappa shape index (κ1) is 21.1. The maximum atomic E-state index is 12.9. The van der Waals surface area contributed by atoms with Crippen LogP contribution in [0.15, 0.2) is 54.6 Å². The Morgan fingerprint density at radius 2 is 1.87 bits per heavy atom. The van der Waals surface area contributed by atoms with Crippen LogP contribution in [-0.2, 0) is 11.3 Å². The summed E-state index contributed by atoms with van der Waals surface area (Å²) >= 11 is 7.65. The van der Waals surface area contributed by atoms with Crippen molar-refractivity contribution in [3.8, 4) is 0 Å². The molecule has 4 aromatic rings. The number of thiophene rings is 1. The molecule has 0 fully saturated rings. The lowest BCUT2D eigenvalue weighted by molar-refractivity contribution is -0.115. The molecule has 0 aliphatic heterocycles. The minimum absolute atomic E-state index is 0.109. The van der Waals surface area contributed by atoms with Gasteiger partial charge in [-0.2, -0.15) is 5.10 Å². The average molecular weight is 453 g/mol. The molecule has 158 valence electrons. The molecule has 6 nitrogen and oxygen atoms in total. The van der Waals surface area contributed by atoms with E-state index in [-0.39, 0.29) is 11.8 Å². The van der Waals surface area contributed by atoms with E-state index >= 15 is 0 Å². The van der Waals surface area contributed by atoms with Gasteiger partial charge in [0.1, 0.15) is 4.83 Å². The first-order chi connectivity index (χ1) is 14.9. The highest BCUT2D eigenvalue weighted by atomic mass is 35.5. The van der Waals surface area contributed by atoms with Gasteiger partial charge in [0, 0.05) is 17.5 Å². The van der Waals surface area contributed by atoms with Crippen molar-refractivity contribution in [1.82, 2.24) is 9.78 Å². The van der Waals surface area contributed by atoms with Crippen LogP contribution in [0, 0.1) is 6.92 Å². The molecule has 2 aromatic heterocycles. The van der Waals surface area contributed by atoms with E-state index in [1.807, 2.05) is 35.9 Å². The van der Waals surface area contributed by atoms with Crippen LogP contribution in [0.1, 0.15) is 34.3 Å². The van der Waals surface area contributed by atoms with Gasteiger partial charge in [0.05, 0.1) is 27.8 Å². The van der Waals surface area contributed by atoms with Gasteiger partial charge in [-0.1, -0.05) is 48.9 Å². The molecule has 0 saturated heterocycles. The maximum absolute atomic E-state index is 12.9. The van der Waals surface area contributed by atoms with Gasteiger partial charge >= 0.3 is 0 Å². The second kappa shape index (κ2) is 8.91. The van der Waals surface area contributed by atoms with Gasteiger partial charge in [0.2, 0.25) is 5.91 Å². The summed E-state index contributed by atoms with van der Waals surface area (Å²) in [5.41, 5.74) is 3.05. The predicted octanol–water partition coefficient (Wildman–Crippen LogP) is 5.71. The Morgan fingerprint density at radius 1 is 1.10 bits per heavy atom. The Hall–Kier alpha value is -3.16. The Labute approximate surface area is 188 Å². The van der Waals surface area contributed by atoms with Gasteiger partial charge in [-0.25, -0.2) is 0 Å². The highest BCUT2D eigenvalue weighted by Gasteiger charge is 2.18. The van der Waals surface area contributed by atoms with Crippen molar-refractivity contribution in [3.63, 3.8) is 0 Å². The number of fused-ring (bicyclic) bond motifs is 1. The average Bonchev–Trinajstić information content (AvgIpc) is 3.32. The zero-order valence-electron chi connectivity index (χ0n) is 17.1. The molecule has 4 rings (SSSR count). The number of aromatic nitrogens is 2. The van der Waals surface area contributed by atoms with Gasteiger partial charge in [0.25, 0.3) is 5.91 Å². The van der Waals surface area contributed by atoms with Crippen LogP contribution in [0.4, 0.5) is 11.4 Å². The molecular formula is C23H21ClN4O2S. The van der Waals surface area contributed by atoms with E-state index in [1.54, 1.807) is 25.1 Å². The fourth-order valence-corrected chi connectivity index (χ4v) is 4.44. The minimum Gasteiger partial charge on any atom is -0.326 e. The fraction of sp³-hybridized carbons (Fsp3) is 0.174. The summed E-state index contributed by atoms with van der Waals surface area (Å²) in [6.45, 7) is 4.35. The summed E-state index contributed by atoms with van der Waals surface area (Å²) < 4.78 is 1.93. The molecule has 2 aromatic carbocycles. The third kappa shape index (κ3) is 4.62. The topological polar surface area (TPSA) is 76.0 Å². The molecule has 0 atom stereocenters. The van der Waals surface area contributed by atoms with E-state index in [0.717, 1.165) is 21.5 Å². The normalized spacial score (nSPS) is 10.9. The van der Waals surface area contributed by atoms with Crippen molar-refractivity contribution in [3.05, 3.63) is 75.8 Å². The van der Waals surface area contributed by atoms with Crippen LogP contribution in [0.25, 0.3) is 10.2 Å². The van der Waals surface area contributed by atoms with Gasteiger partial charge in [-0.05, 0) is 36.8 Å². The smallest absolute Gasteiger partial charge is 0.265 e. The molecule has 2 heterocycles. The van der Waals surface area contributed by atoms with Crippen molar-refractivity contribution in [2.24, 2.45) is 0 Å². The number of amides is 2. The van der Waals surface area contributed by atoms with E-state index in [1.165, 1.54) is 11.3 Å². The standard InChI is InChI=1S/C23H21ClN4O2S/c1-3-21(29)25-16-9-10-18(24)19(11-16)26-22(30)20-12-17-14(2)27-28(23(17)31-20)13-15-7-5-4-6-8-15/h4-12H,3,13H2,1-2H3,(H,25,29)(H,26,30). The van der Waals surface area contributed by atoms with Crippen LogP contribution in [0.2, 0.25) is 5.02 Å². The number of nitrogens with zero attached hydrogens (tertiary/aromatic N) is 2. The molecule has 0 aliphatic rings. The van der Waals surface area contributed by atoms with Gasteiger partial charge < -0.3 is 10.6 Å². The van der Waals surface area contributed by atoms with Gasteiger partial charge in [-0.3, -0.25) is 14.3 Å². The van der Waals surface area contributed by atoms with E-state index < -0.39 is 0 Å². The summed E-state index contributed by atoms with van der Waals surface area (Å²) in [7, 11) is 0. The summed E-state index contributed by atoms with van der Waals surface area (Å²) in [5, 5.41) is 11.6. The van der Waals surface area contributed by atoms with Crippen molar-refractivity contribution in [2.75, 3.05) is 10.6 Å². The molecule has 2 N–H and O–H groups in total. The quantitative estimate of drug-likeness (QED) is 0.393. The molecule has 0 aliphatic carbocycles. The molecule has 0 spiro atoms. The molecule has 8 heteroatoms. The zero-order valence-corrected chi connectivity index (χ0v) is 18.7. The largest absolute Gasteiger partial charge is 0.326 e. The Balaban J connectivity index is 1.58. The number of anilines is 2. The molecule has 0 radical (unpaired) electrons. The van der Waals surface area contributed by atoms with Crippen molar-refractivity contribution >= 4 is 56.3 Å². The fourth-order valence-electron chi connectivity index (χ4n) is 3.22. The number of nitrogens with one attached hydrogen (secondary N) is 2. The number of aryl methyl sites for hydroxylation is 1. The van der Waals surface area contributed by atoms with Crippen molar-refractivity contribution in [2.45, 2.75) is 26.8 Å². The van der Waals surface area contributed by atoms with Crippen LogP contribution < -0.4 is 10.6 Å². The second-order valence-electron chi connectivity index (χ2n) is 7.11. The highest BCUT2D eigenvalue weighted by molar-refractivity contribution is 7.20. The van der Waals surface area contributed by atoms with Crippen LogP contribution in [0.3, 0.4) is 0 Å². The van der Waals surface area contributed by atoms with Crippen LogP contribution in [-0.4, -0.2) is 21.6 Å². The molecule has 0 unspecified atom stereocenters. The number of benzene rings is 2. The van der Waals surface area contributed by atoms with E-state index in [0.29, 0.717) is 34.2 Å². The lowest BCUT2D eigenvalue weighted by Gasteiger charge is -2.09. The molecule has 0 saturated carbocycles. The number of carbonyl (C=O) groups excluding carboxylic acids is 2. The molecule has 2 amide bonds. The highest BCUT2D eigenvalue weighted by Crippen LogP contribution is 2.31. The predicted molar refractivity (Wildman–Crippen MR) is 126 cm³/mol. The van der Waals surface area contributed by atoms with E-state index in [9.17, 15) is 9.59 Å². The molecular weight excluding hydrogens is 432 g/mol. The third-order valence-electron chi connectivity index (χ3n) is 4.83. The van der Waals surface area contributed by atoms with E-state index in [2.05, 4.69) is 27.9 Å². The first-order valence-electron chi connectivity index (χ1n) is 9.86. The van der Waals surface area contributed by atoms with Gasteiger partial charge in [0.15, 0.2) is 0 Å². The van der Waals surface area contributed by atoms with E-state index in [4.69, 9.17) is 11.6 Å². The minimum atomic E-state index is -0.257. The Bertz CT molecular complexity index is 1260. The first-order valence-corrected chi connectivity index (χ1v) is 11.1. The summed E-state index contributed by atoms with van der Waals surface area (Å²) in [4.78, 5) is 26.1. The van der Waals surface area contributed by atoms with Crippen LogP contribution in [0.5, 0.6) is 0 Å². The maximum Gasteiger partial charge on any atom is 0.265 e. The lowest BCUT2D eigenvalue weighted by Crippen LogP contribution is -2.12. The third-order valence-corrected chi connectivity index (χ3v) is 6.30. The number of carbonyl (C=O) groups is 2. The number of hydrogen-bond acceptors (Lipinski definition) is 4. The monoisotopic (exact) mass is 452 g/mol. The summed E-state index contributed by atoms with van der Waals surface area (Å²) in [6, 6.07) is 16.9. The lowest BCUT2D eigenvalue weighted by atomic mass is 10.2. The summed E-state index contributed by atoms with van der Waals surface area (Å²) in [6.07, 6.45) is 0.367. The second-order valence-corrected chi connectivity index (χ2v) is 8.55. The van der Waals surface area contributed by atoms with Crippen molar-refractivity contribution in [1.29, 1.82) is 0 Å². The SMILES string of the molecule is CCC(=O)Nc1ccc(Cl)c(NC(=O)c2cc3c(C)nn(Cc4ccccc4)c3s2)c1. The number of rotatable bonds is 6. The Morgan fingerprint density at radius 3 is 2.61 bits per heavy atom. The summed E-state index contributed by atoms with van der Waals surface area (Å²) in [5.74, 6) is -0.365. The van der Waals surface area contributed by atoms with Crippen LogP contribution >= 0.6 is 22.9 Å². The molecule has 0 bridgehead atoms. The molecule has 31 heavy (non-hydrogen) atoms.